The van der Waals surface area contributed by atoms with E-state index in [0.717, 1.165) is 18.3 Å². The Hall–Kier alpha value is -2.28. The third kappa shape index (κ3) is 4.85. The van der Waals surface area contributed by atoms with E-state index in [-0.39, 0.29) is 19.0 Å². The zero-order valence-electron chi connectivity index (χ0n) is 11.7. The number of nitrogens with zero attached hydrogens (tertiary/aromatic N) is 1. The van der Waals surface area contributed by atoms with Crippen molar-refractivity contribution in [1.29, 1.82) is 0 Å². The number of carbonyl (C=O) groups excluding carboxylic acids is 1. The maximum absolute atomic E-state index is 12.5. The molecule has 0 saturated heterocycles. The number of benzene rings is 1. The fourth-order valence-corrected chi connectivity index (χ4v) is 1.95. The van der Waals surface area contributed by atoms with E-state index in [1.807, 2.05) is 0 Å². The van der Waals surface area contributed by atoms with Gasteiger partial charge in [0.25, 0.3) is 5.91 Å². The minimum Gasteiger partial charge on any atom is -0.476 e. The van der Waals surface area contributed by atoms with E-state index in [2.05, 4.69) is 10.3 Å². The second-order valence-corrected chi connectivity index (χ2v) is 4.87. The van der Waals surface area contributed by atoms with Gasteiger partial charge in [0, 0.05) is 12.3 Å². The summed E-state index contributed by atoms with van der Waals surface area (Å²) in [7, 11) is 0. The Kier molecular flexibility index (Phi) is 5.44. The van der Waals surface area contributed by atoms with Crippen LogP contribution in [0.1, 0.15) is 15.9 Å². The van der Waals surface area contributed by atoms with Crippen molar-refractivity contribution in [1.82, 2.24) is 10.3 Å². The zero-order chi connectivity index (χ0) is 16.9. The molecule has 0 fully saturated rings. The Morgan fingerprint density at radius 1 is 1.26 bits per heavy atom. The van der Waals surface area contributed by atoms with Crippen LogP contribution in [0.5, 0.6) is 5.88 Å². The second kappa shape index (κ2) is 7.32. The monoisotopic (exact) mass is 344 g/mol. The van der Waals surface area contributed by atoms with Gasteiger partial charge in [0.05, 0.1) is 22.7 Å². The first-order valence-electron chi connectivity index (χ1n) is 6.56. The van der Waals surface area contributed by atoms with Crippen molar-refractivity contribution in [3.05, 3.63) is 58.7 Å². The number of aromatic nitrogens is 1. The molecule has 2 rings (SSSR count). The second-order valence-electron chi connectivity index (χ2n) is 4.46. The third-order valence-electron chi connectivity index (χ3n) is 2.82. The van der Waals surface area contributed by atoms with E-state index in [9.17, 15) is 18.0 Å². The number of amides is 1. The standard InChI is InChI=1S/C15H12ClF3N2O2/c16-12-4-2-1-3-11(12)14(22)21-7-8-23-13-9-10(5-6-20-13)15(17,18)19/h1-6,9H,7-8H2,(H,21,22). The molecule has 122 valence electrons. The first-order chi connectivity index (χ1) is 10.9. The molecule has 1 aromatic heterocycles. The van der Waals surface area contributed by atoms with Crippen LogP contribution in [0, 0.1) is 0 Å². The SMILES string of the molecule is O=C(NCCOc1cc(C(F)(F)F)ccn1)c1ccccc1Cl. The Bertz CT molecular complexity index is 692. The van der Waals surface area contributed by atoms with Crippen molar-refractivity contribution in [2.75, 3.05) is 13.2 Å². The maximum atomic E-state index is 12.5. The lowest BCUT2D eigenvalue weighted by molar-refractivity contribution is -0.137. The highest BCUT2D eigenvalue weighted by molar-refractivity contribution is 6.33. The molecule has 0 aliphatic rings. The molecule has 0 bridgehead atoms. The molecule has 0 saturated carbocycles. The van der Waals surface area contributed by atoms with Crippen LogP contribution in [-0.4, -0.2) is 24.0 Å². The number of halogens is 4. The Labute approximate surface area is 135 Å². The van der Waals surface area contributed by atoms with E-state index in [4.69, 9.17) is 16.3 Å². The maximum Gasteiger partial charge on any atom is 0.416 e. The number of hydrogen-bond donors (Lipinski definition) is 1. The summed E-state index contributed by atoms with van der Waals surface area (Å²) in [5.41, 5.74) is -0.533. The molecule has 0 aliphatic carbocycles. The number of nitrogens with one attached hydrogen (secondary N) is 1. The lowest BCUT2D eigenvalue weighted by atomic mass is 10.2. The van der Waals surface area contributed by atoms with Gasteiger partial charge in [-0.15, -0.1) is 0 Å². The molecule has 0 aliphatic heterocycles. The van der Waals surface area contributed by atoms with Gasteiger partial charge in [0.2, 0.25) is 5.88 Å². The minimum absolute atomic E-state index is 0.0233. The zero-order valence-corrected chi connectivity index (χ0v) is 12.5. The highest BCUT2D eigenvalue weighted by Gasteiger charge is 2.30. The van der Waals surface area contributed by atoms with Gasteiger partial charge in [-0.3, -0.25) is 4.79 Å². The van der Waals surface area contributed by atoms with E-state index in [1.54, 1.807) is 24.3 Å². The lowest BCUT2D eigenvalue weighted by Gasteiger charge is -2.10. The number of pyridine rings is 1. The van der Waals surface area contributed by atoms with E-state index >= 15 is 0 Å². The summed E-state index contributed by atoms with van der Waals surface area (Å²) in [6, 6.07) is 8.17. The molecule has 4 nitrogen and oxygen atoms in total. The number of ether oxygens (including phenoxy) is 1. The number of rotatable bonds is 5. The van der Waals surface area contributed by atoms with Gasteiger partial charge in [-0.1, -0.05) is 23.7 Å². The number of alkyl halides is 3. The minimum atomic E-state index is -4.46. The first-order valence-corrected chi connectivity index (χ1v) is 6.94. The molecule has 1 N–H and O–H groups in total. The van der Waals surface area contributed by atoms with Crippen molar-refractivity contribution in [2.24, 2.45) is 0 Å². The average molecular weight is 345 g/mol. The summed E-state index contributed by atoms with van der Waals surface area (Å²) < 4.78 is 42.7. The summed E-state index contributed by atoms with van der Waals surface area (Å²) in [5, 5.41) is 2.87. The normalized spacial score (nSPS) is 11.1. The predicted octanol–water partition coefficient (Wildman–Crippen LogP) is 3.56. The van der Waals surface area contributed by atoms with Crippen LogP contribution >= 0.6 is 11.6 Å². The fourth-order valence-electron chi connectivity index (χ4n) is 1.73. The summed E-state index contributed by atoms with van der Waals surface area (Å²) in [5.74, 6) is -0.553. The highest BCUT2D eigenvalue weighted by Crippen LogP contribution is 2.30. The lowest BCUT2D eigenvalue weighted by Crippen LogP contribution is -2.28. The summed E-state index contributed by atoms with van der Waals surface area (Å²) in [4.78, 5) is 15.5. The molecular formula is C15H12ClF3N2O2. The van der Waals surface area contributed by atoms with Gasteiger partial charge in [-0.25, -0.2) is 4.98 Å². The average Bonchev–Trinajstić information content (AvgIpc) is 2.51. The molecule has 0 spiro atoms. The van der Waals surface area contributed by atoms with Crippen LogP contribution in [0.2, 0.25) is 5.02 Å². The highest BCUT2D eigenvalue weighted by atomic mass is 35.5. The van der Waals surface area contributed by atoms with Crippen molar-refractivity contribution in [2.45, 2.75) is 6.18 Å². The topological polar surface area (TPSA) is 51.2 Å². The van der Waals surface area contributed by atoms with Gasteiger partial charge in [0.15, 0.2) is 0 Å². The van der Waals surface area contributed by atoms with Gasteiger partial charge in [-0.05, 0) is 18.2 Å². The van der Waals surface area contributed by atoms with Gasteiger partial charge >= 0.3 is 6.18 Å². The predicted molar refractivity (Wildman–Crippen MR) is 78.5 cm³/mol. The van der Waals surface area contributed by atoms with Crippen LogP contribution < -0.4 is 10.1 Å². The van der Waals surface area contributed by atoms with E-state index in [1.165, 1.54) is 0 Å². The molecule has 0 atom stereocenters. The van der Waals surface area contributed by atoms with Crippen LogP contribution in [0.25, 0.3) is 0 Å². The first kappa shape index (κ1) is 17.1. The number of hydrogen-bond acceptors (Lipinski definition) is 3. The molecule has 23 heavy (non-hydrogen) atoms. The van der Waals surface area contributed by atoms with Crippen LogP contribution in [0.15, 0.2) is 42.6 Å². The van der Waals surface area contributed by atoms with E-state index in [0.29, 0.717) is 10.6 Å². The molecular weight excluding hydrogens is 333 g/mol. The molecule has 1 amide bonds. The third-order valence-corrected chi connectivity index (χ3v) is 3.15. The summed E-state index contributed by atoms with van der Waals surface area (Å²) in [6.07, 6.45) is -3.44. The largest absolute Gasteiger partial charge is 0.476 e. The molecule has 0 radical (unpaired) electrons. The van der Waals surface area contributed by atoms with Crippen LogP contribution in [-0.2, 0) is 6.18 Å². The smallest absolute Gasteiger partial charge is 0.416 e. The van der Waals surface area contributed by atoms with Crippen LogP contribution in [0.4, 0.5) is 13.2 Å². The summed E-state index contributed by atoms with van der Waals surface area (Å²) >= 11 is 5.88. The van der Waals surface area contributed by atoms with Crippen molar-refractivity contribution in [3.63, 3.8) is 0 Å². The van der Waals surface area contributed by atoms with Gasteiger partial charge < -0.3 is 10.1 Å². The number of carbonyl (C=O) groups is 1. The molecule has 0 unspecified atom stereocenters. The molecule has 2 aromatic rings. The summed E-state index contributed by atoms with van der Waals surface area (Å²) in [6.45, 7) is 0.0759. The van der Waals surface area contributed by atoms with Crippen molar-refractivity contribution < 1.29 is 22.7 Å². The Morgan fingerprint density at radius 3 is 2.70 bits per heavy atom. The van der Waals surface area contributed by atoms with Crippen molar-refractivity contribution in [3.8, 4) is 5.88 Å². The molecule has 8 heteroatoms. The van der Waals surface area contributed by atoms with E-state index < -0.39 is 17.6 Å². The van der Waals surface area contributed by atoms with Gasteiger partial charge in [-0.2, -0.15) is 13.2 Å². The fraction of sp³-hybridized carbons (Fsp3) is 0.200. The Morgan fingerprint density at radius 2 is 2.00 bits per heavy atom. The molecule has 1 heterocycles. The van der Waals surface area contributed by atoms with Crippen LogP contribution in [0.3, 0.4) is 0 Å². The van der Waals surface area contributed by atoms with Gasteiger partial charge in [0.1, 0.15) is 6.61 Å². The quantitative estimate of drug-likeness (QED) is 0.844. The molecule has 1 aromatic carbocycles. The van der Waals surface area contributed by atoms with Crippen molar-refractivity contribution >= 4 is 17.5 Å². The Balaban J connectivity index is 1.84.